The summed E-state index contributed by atoms with van der Waals surface area (Å²) in [5.74, 6) is -0.605. The number of aromatic amines is 1. The van der Waals surface area contributed by atoms with Crippen molar-refractivity contribution in [3.8, 4) is 0 Å². The lowest BCUT2D eigenvalue weighted by atomic mass is 10.2. The number of likely N-dealkylation sites (N-methyl/N-ethyl adjacent to an activating group) is 1. The summed E-state index contributed by atoms with van der Waals surface area (Å²) in [5.41, 5.74) is 1.99. The molecule has 1 N–H and O–H groups in total. The second-order valence-corrected chi connectivity index (χ2v) is 4.92. The second-order valence-electron chi connectivity index (χ2n) is 4.13. The Labute approximate surface area is 111 Å². The number of amides is 2. The van der Waals surface area contributed by atoms with Gasteiger partial charge < -0.3 is 4.98 Å². The van der Waals surface area contributed by atoms with Crippen LogP contribution in [0.1, 0.15) is 5.69 Å². The lowest BCUT2D eigenvalue weighted by Crippen LogP contribution is -2.26. The Morgan fingerprint density at radius 1 is 1.17 bits per heavy atom. The van der Waals surface area contributed by atoms with E-state index in [2.05, 4.69) is 20.9 Å². The number of halogens is 1. The Morgan fingerprint density at radius 3 is 2.50 bits per heavy atom. The number of nitrogens with zero attached hydrogens (tertiary/aromatic N) is 1. The smallest absolute Gasteiger partial charge is 0.268 e. The predicted molar refractivity (Wildman–Crippen MR) is 71.9 cm³/mol. The van der Waals surface area contributed by atoms with Crippen LogP contribution in [0.3, 0.4) is 0 Å². The number of aromatic nitrogens is 1. The monoisotopic (exact) mass is 304 g/mol. The Hall–Kier alpha value is -1.88. The van der Waals surface area contributed by atoms with Crippen molar-refractivity contribution in [1.82, 2.24) is 9.88 Å². The molecule has 0 saturated carbocycles. The van der Waals surface area contributed by atoms with Crippen LogP contribution in [-0.2, 0) is 9.59 Å². The first-order valence-electron chi connectivity index (χ1n) is 5.40. The summed E-state index contributed by atoms with van der Waals surface area (Å²) in [6.07, 6.45) is 0. The fourth-order valence-corrected chi connectivity index (χ4v) is 2.70. The molecule has 1 aromatic carbocycles. The van der Waals surface area contributed by atoms with Crippen LogP contribution >= 0.6 is 15.9 Å². The zero-order valence-corrected chi connectivity index (χ0v) is 11.1. The van der Waals surface area contributed by atoms with Crippen molar-refractivity contribution in [1.29, 1.82) is 0 Å². The van der Waals surface area contributed by atoms with Crippen LogP contribution in [0.2, 0.25) is 0 Å². The molecule has 0 spiro atoms. The molecule has 0 atom stereocenters. The number of benzene rings is 1. The minimum absolute atomic E-state index is 0.293. The van der Waals surface area contributed by atoms with Crippen molar-refractivity contribution in [2.45, 2.75) is 0 Å². The van der Waals surface area contributed by atoms with E-state index in [-0.39, 0.29) is 11.8 Å². The van der Waals surface area contributed by atoms with E-state index in [9.17, 15) is 9.59 Å². The minimum atomic E-state index is -0.311. The average molecular weight is 305 g/mol. The number of rotatable bonds is 1. The van der Waals surface area contributed by atoms with E-state index in [0.29, 0.717) is 15.7 Å². The van der Waals surface area contributed by atoms with Crippen molar-refractivity contribution >= 4 is 44.2 Å². The van der Waals surface area contributed by atoms with E-state index in [0.717, 1.165) is 15.8 Å². The SMILES string of the molecule is CN1C(=O)C(Br)=C(c2cc3ccccc3[nH]2)C1=O. The lowest BCUT2D eigenvalue weighted by Gasteiger charge is -2.05. The molecule has 0 bridgehead atoms. The van der Waals surface area contributed by atoms with Crippen LogP contribution in [0.5, 0.6) is 0 Å². The molecular formula is C13H9BrN2O2. The van der Waals surface area contributed by atoms with Crippen LogP contribution in [0, 0.1) is 0 Å². The maximum absolute atomic E-state index is 12.0. The van der Waals surface area contributed by atoms with Crippen LogP contribution in [0.25, 0.3) is 16.5 Å². The largest absolute Gasteiger partial charge is 0.354 e. The first-order valence-corrected chi connectivity index (χ1v) is 6.19. The molecular weight excluding hydrogens is 296 g/mol. The summed E-state index contributed by atoms with van der Waals surface area (Å²) >= 11 is 3.19. The molecule has 90 valence electrons. The van der Waals surface area contributed by atoms with Gasteiger partial charge in [0, 0.05) is 18.0 Å². The Bertz CT molecular complexity index is 682. The third-order valence-electron chi connectivity index (χ3n) is 3.03. The Morgan fingerprint density at radius 2 is 1.89 bits per heavy atom. The fourth-order valence-electron chi connectivity index (χ4n) is 2.05. The standard InChI is InChI=1S/C13H9BrN2O2/c1-16-12(17)10(11(14)13(16)18)9-6-7-4-2-3-5-8(7)15-9/h2-6,15H,1H3. The number of nitrogens with one attached hydrogen (secondary N) is 1. The van der Waals surface area contributed by atoms with Crippen LogP contribution in [0.15, 0.2) is 34.8 Å². The molecule has 4 nitrogen and oxygen atoms in total. The number of carbonyl (C=O) groups excluding carboxylic acids is 2. The summed E-state index contributed by atoms with van der Waals surface area (Å²) in [6, 6.07) is 9.60. The molecule has 2 amide bonds. The van der Waals surface area contributed by atoms with Crippen LogP contribution in [-0.4, -0.2) is 28.7 Å². The second kappa shape index (κ2) is 3.81. The molecule has 2 aromatic rings. The number of carbonyl (C=O) groups is 2. The number of hydrogen-bond donors (Lipinski definition) is 1. The van der Waals surface area contributed by atoms with E-state index in [1.54, 1.807) is 0 Å². The lowest BCUT2D eigenvalue weighted by molar-refractivity contribution is -0.134. The molecule has 0 unspecified atom stereocenters. The maximum Gasteiger partial charge on any atom is 0.268 e. The summed E-state index contributed by atoms with van der Waals surface area (Å²) < 4.78 is 0.307. The van der Waals surface area contributed by atoms with E-state index >= 15 is 0 Å². The van der Waals surface area contributed by atoms with Gasteiger partial charge in [-0.2, -0.15) is 0 Å². The normalized spacial score (nSPS) is 16.2. The molecule has 2 heterocycles. The van der Waals surface area contributed by atoms with Crippen molar-refractivity contribution in [3.63, 3.8) is 0 Å². The molecule has 1 aromatic heterocycles. The zero-order valence-electron chi connectivity index (χ0n) is 9.53. The molecule has 0 fully saturated rings. The van der Waals surface area contributed by atoms with E-state index in [4.69, 9.17) is 0 Å². The molecule has 0 radical (unpaired) electrons. The highest BCUT2D eigenvalue weighted by atomic mass is 79.9. The predicted octanol–water partition coefficient (Wildman–Crippen LogP) is 2.27. The van der Waals surface area contributed by atoms with Gasteiger partial charge >= 0.3 is 0 Å². The molecule has 1 aliphatic heterocycles. The van der Waals surface area contributed by atoms with Gasteiger partial charge in [-0.1, -0.05) is 18.2 Å². The quantitative estimate of drug-likeness (QED) is 0.822. The first-order chi connectivity index (χ1) is 8.59. The van der Waals surface area contributed by atoms with Crippen LogP contribution in [0.4, 0.5) is 0 Å². The summed E-state index contributed by atoms with van der Waals surface area (Å²) in [4.78, 5) is 28.0. The third-order valence-corrected chi connectivity index (χ3v) is 3.77. The van der Waals surface area contributed by atoms with Gasteiger partial charge in [-0.3, -0.25) is 14.5 Å². The summed E-state index contributed by atoms with van der Waals surface area (Å²) in [6.45, 7) is 0. The third kappa shape index (κ3) is 1.44. The number of fused-ring (bicyclic) bond motifs is 1. The number of imide groups is 1. The molecule has 1 aliphatic rings. The van der Waals surface area contributed by atoms with Gasteiger partial charge in [0.1, 0.15) is 0 Å². The van der Waals surface area contributed by atoms with Gasteiger partial charge in [-0.05, 0) is 28.1 Å². The summed E-state index contributed by atoms with van der Waals surface area (Å²) in [7, 11) is 1.47. The Kier molecular flexibility index (Phi) is 2.38. The van der Waals surface area contributed by atoms with Crippen molar-refractivity contribution in [2.24, 2.45) is 0 Å². The van der Waals surface area contributed by atoms with Crippen molar-refractivity contribution < 1.29 is 9.59 Å². The van der Waals surface area contributed by atoms with Crippen molar-refractivity contribution in [2.75, 3.05) is 7.05 Å². The van der Waals surface area contributed by atoms with Gasteiger partial charge in [0.2, 0.25) is 0 Å². The van der Waals surface area contributed by atoms with Gasteiger partial charge in [-0.15, -0.1) is 0 Å². The number of hydrogen-bond acceptors (Lipinski definition) is 2. The van der Waals surface area contributed by atoms with E-state index < -0.39 is 0 Å². The topological polar surface area (TPSA) is 53.2 Å². The first kappa shape index (κ1) is 11.2. The molecule has 18 heavy (non-hydrogen) atoms. The number of para-hydroxylation sites is 1. The van der Waals surface area contributed by atoms with Gasteiger partial charge in [0.15, 0.2) is 0 Å². The Balaban J connectivity index is 2.21. The highest BCUT2D eigenvalue weighted by Crippen LogP contribution is 2.32. The molecule has 0 aliphatic carbocycles. The molecule has 3 rings (SSSR count). The van der Waals surface area contributed by atoms with E-state index in [1.165, 1.54) is 7.05 Å². The highest BCUT2D eigenvalue weighted by molar-refractivity contribution is 9.12. The van der Waals surface area contributed by atoms with Gasteiger partial charge in [-0.25, -0.2) is 0 Å². The fraction of sp³-hybridized carbons (Fsp3) is 0.0769. The number of H-pyrrole nitrogens is 1. The minimum Gasteiger partial charge on any atom is -0.354 e. The van der Waals surface area contributed by atoms with Gasteiger partial charge in [0.25, 0.3) is 11.8 Å². The molecule has 5 heteroatoms. The van der Waals surface area contributed by atoms with Gasteiger partial charge in [0.05, 0.1) is 15.7 Å². The zero-order chi connectivity index (χ0) is 12.9. The van der Waals surface area contributed by atoms with Crippen molar-refractivity contribution in [3.05, 3.63) is 40.5 Å². The highest BCUT2D eigenvalue weighted by Gasteiger charge is 2.35. The maximum atomic E-state index is 12.0. The van der Waals surface area contributed by atoms with E-state index in [1.807, 2.05) is 30.3 Å². The summed E-state index contributed by atoms with van der Waals surface area (Å²) in [5, 5.41) is 1.01. The molecule has 0 saturated heterocycles. The average Bonchev–Trinajstić information content (AvgIpc) is 2.86. The van der Waals surface area contributed by atoms with Crippen LogP contribution < -0.4 is 0 Å².